The SMILES string of the molecule is C[C@H](O)c1nc(Cn2c(Cl)c(Cl)n(C[C@H](O)C(F)(F)F)c2=O)n(-c2cc(Cl)cc(Cl)c2)n1. The van der Waals surface area contributed by atoms with Gasteiger partial charge in [0.05, 0.1) is 18.8 Å². The summed E-state index contributed by atoms with van der Waals surface area (Å²) in [7, 11) is 0. The summed E-state index contributed by atoms with van der Waals surface area (Å²) in [6.45, 7) is -0.112. The maximum Gasteiger partial charge on any atom is 0.416 e. The lowest BCUT2D eigenvalue weighted by atomic mass is 10.3. The molecule has 15 heteroatoms. The van der Waals surface area contributed by atoms with Gasteiger partial charge in [-0.05, 0) is 25.1 Å². The van der Waals surface area contributed by atoms with Crippen LogP contribution in [0.1, 0.15) is 24.7 Å². The fourth-order valence-electron chi connectivity index (χ4n) is 2.76. The van der Waals surface area contributed by atoms with Crippen molar-refractivity contribution in [3.8, 4) is 5.69 Å². The highest BCUT2D eigenvalue weighted by Gasteiger charge is 2.39. The molecule has 0 aliphatic heterocycles. The minimum atomic E-state index is -4.96. The molecular weight excluding hydrogens is 521 g/mol. The Morgan fingerprint density at radius 1 is 1.03 bits per heavy atom. The first-order chi connectivity index (χ1) is 14.8. The monoisotopic (exact) mass is 533 g/mol. The Labute approximate surface area is 198 Å². The first-order valence-corrected chi connectivity index (χ1v) is 10.3. The molecular formula is C17H14Cl4F3N5O3. The van der Waals surface area contributed by atoms with Crippen LogP contribution in [0.2, 0.25) is 20.4 Å². The van der Waals surface area contributed by atoms with E-state index in [4.69, 9.17) is 46.4 Å². The lowest BCUT2D eigenvalue weighted by molar-refractivity contribution is -0.207. The number of halogens is 7. The van der Waals surface area contributed by atoms with Crippen LogP contribution in [0.25, 0.3) is 5.69 Å². The van der Waals surface area contributed by atoms with E-state index >= 15 is 0 Å². The van der Waals surface area contributed by atoms with Crippen LogP contribution in [-0.4, -0.2) is 46.4 Å². The molecule has 2 N–H and O–H groups in total. The molecule has 174 valence electrons. The molecule has 1 aromatic carbocycles. The summed E-state index contributed by atoms with van der Waals surface area (Å²) in [4.78, 5) is 16.9. The van der Waals surface area contributed by atoms with E-state index < -0.39 is 35.8 Å². The molecule has 0 fully saturated rings. The number of aliphatic hydroxyl groups is 2. The molecule has 32 heavy (non-hydrogen) atoms. The predicted octanol–water partition coefficient (Wildman–Crippen LogP) is 3.87. The molecule has 3 rings (SSSR count). The highest BCUT2D eigenvalue weighted by molar-refractivity contribution is 6.40. The van der Waals surface area contributed by atoms with Crippen LogP contribution in [0.5, 0.6) is 0 Å². The van der Waals surface area contributed by atoms with Crippen molar-refractivity contribution in [2.45, 2.75) is 38.4 Å². The third kappa shape index (κ3) is 5.08. The van der Waals surface area contributed by atoms with Crippen LogP contribution in [0.3, 0.4) is 0 Å². The Kier molecular flexibility index (Phi) is 7.18. The van der Waals surface area contributed by atoms with Crippen LogP contribution in [0.4, 0.5) is 13.2 Å². The number of rotatable bonds is 6. The van der Waals surface area contributed by atoms with Gasteiger partial charge < -0.3 is 10.2 Å². The molecule has 0 unspecified atom stereocenters. The fraction of sp³-hybridized carbons (Fsp3) is 0.353. The zero-order valence-corrected chi connectivity index (χ0v) is 19.0. The standard InChI is InChI=1S/C17H14Cl4F3N5O3/c1-7(30)15-25-12(29(26-15)10-3-8(18)2-9(19)4-10)6-28-14(21)13(20)27(16(28)32)5-11(31)17(22,23)24/h2-4,7,11,30-31H,5-6H2,1H3/t7-,11-/m0/s1. The summed E-state index contributed by atoms with van der Waals surface area (Å²) in [5.74, 6) is 0.0757. The molecule has 0 amide bonds. The maximum atomic E-state index is 12.7. The molecule has 2 aromatic heterocycles. The lowest BCUT2D eigenvalue weighted by Gasteiger charge is -2.14. The summed E-state index contributed by atoms with van der Waals surface area (Å²) in [6, 6.07) is 4.48. The van der Waals surface area contributed by atoms with Crippen LogP contribution in [0, 0.1) is 0 Å². The second kappa shape index (κ2) is 9.24. The molecule has 0 radical (unpaired) electrons. The molecule has 0 aliphatic carbocycles. The summed E-state index contributed by atoms with van der Waals surface area (Å²) < 4.78 is 40.8. The van der Waals surface area contributed by atoms with Crippen molar-refractivity contribution in [2.24, 2.45) is 0 Å². The van der Waals surface area contributed by atoms with Gasteiger partial charge in [0.15, 0.2) is 17.8 Å². The number of alkyl halides is 3. The molecule has 3 aromatic rings. The average molecular weight is 535 g/mol. The Morgan fingerprint density at radius 3 is 2.12 bits per heavy atom. The number of nitrogens with zero attached hydrogens (tertiary/aromatic N) is 5. The largest absolute Gasteiger partial charge is 0.416 e. The zero-order chi connectivity index (χ0) is 24.0. The van der Waals surface area contributed by atoms with Gasteiger partial charge in [-0.3, -0.25) is 9.13 Å². The van der Waals surface area contributed by atoms with E-state index in [1.165, 1.54) is 29.8 Å². The predicted molar refractivity (Wildman–Crippen MR) is 112 cm³/mol. The third-order valence-corrected chi connectivity index (χ3v) is 5.59. The summed E-state index contributed by atoms with van der Waals surface area (Å²) in [5.41, 5.74) is -0.667. The Hall–Kier alpha value is -1.76. The third-order valence-electron chi connectivity index (χ3n) is 4.29. The number of benzene rings is 1. The lowest BCUT2D eigenvalue weighted by Crippen LogP contribution is -2.37. The Bertz CT molecular complexity index is 1190. The number of imidazole rings is 1. The first-order valence-electron chi connectivity index (χ1n) is 8.79. The minimum absolute atomic E-state index is 0.00158. The Balaban J connectivity index is 2.08. The van der Waals surface area contributed by atoms with Crippen molar-refractivity contribution in [2.75, 3.05) is 0 Å². The van der Waals surface area contributed by atoms with Crippen molar-refractivity contribution < 1.29 is 23.4 Å². The van der Waals surface area contributed by atoms with Crippen molar-refractivity contribution in [3.05, 3.63) is 60.7 Å². The maximum absolute atomic E-state index is 12.7. The van der Waals surface area contributed by atoms with E-state index in [0.29, 0.717) is 10.3 Å². The number of aromatic nitrogens is 5. The average Bonchev–Trinajstić information content (AvgIpc) is 3.18. The molecule has 8 nitrogen and oxygen atoms in total. The fourth-order valence-corrected chi connectivity index (χ4v) is 3.75. The highest BCUT2D eigenvalue weighted by atomic mass is 35.5. The molecule has 0 saturated heterocycles. The molecule has 0 bridgehead atoms. The quantitative estimate of drug-likeness (QED) is 0.500. The topological polar surface area (TPSA) is 98.1 Å². The second-order valence-corrected chi connectivity index (χ2v) is 8.31. The van der Waals surface area contributed by atoms with Gasteiger partial charge in [0.1, 0.15) is 16.4 Å². The van der Waals surface area contributed by atoms with E-state index in [0.717, 1.165) is 4.57 Å². The van der Waals surface area contributed by atoms with E-state index in [-0.39, 0.29) is 33.4 Å². The van der Waals surface area contributed by atoms with Crippen molar-refractivity contribution in [3.63, 3.8) is 0 Å². The van der Waals surface area contributed by atoms with Crippen molar-refractivity contribution >= 4 is 46.4 Å². The van der Waals surface area contributed by atoms with Gasteiger partial charge in [0.2, 0.25) is 0 Å². The van der Waals surface area contributed by atoms with Gasteiger partial charge in [-0.25, -0.2) is 14.5 Å². The van der Waals surface area contributed by atoms with Crippen molar-refractivity contribution in [1.82, 2.24) is 23.9 Å². The van der Waals surface area contributed by atoms with Gasteiger partial charge in [-0.1, -0.05) is 46.4 Å². The van der Waals surface area contributed by atoms with Crippen LogP contribution in [-0.2, 0) is 13.1 Å². The first kappa shape index (κ1) is 24.9. The Morgan fingerprint density at radius 2 is 1.59 bits per heavy atom. The second-order valence-electron chi connectivity index (χ2n) is 6.72. The van der Waals surface area contributed by atoms with Crippen LogP contribution >= 0.6 is 46.4 Å². The van der Waals surface area contributed by atoms with Gasteiger partial charge in [-0.2, -0.15) is 13.2 Å². The number of aliphatic hydroxyl groups excluding tert-OH is 2. The van der Waals surface area contributed by atoms with E-state index in [1.54, 1.807) is 0 Å². The van der Waals surface area contributed by atoms with Gasteiger partial charge in [-0.15, -0.1) is 5.10 Å². The van der Waals surface area contributed by atoms with Crippen LogP contribution < -0.4 is 5.69 Å². The normalized spacial score (nSPS) is 14.1. The molecule has 0 spiro atoms. The summed E-state index contributed by atoms with van der Waals surface area (Å²) in [5, 5.41) is 23.0. The van der Waals surface area contributed by atoms with E-state index in [9.17, 15) is 28.2 Å². The minimum Gasteiger partial charge on any atom is -0.385 e. The number of hydrogen-bond donors (Lipinski definition) is 2. The molecule has 2 heterocycles. The van der Waals surface area contributed by atoms with Gasteiger partial charge in [0, 0.05) is 10.0 Å². The molecule has 0 aliphatic rings. The van der Waals surface area contributed by atoms with Gasteiger partial charge in [0.25, 0.3) is 0 Å². The zero-order valence-electron chi connectivity index (χ0n) is 16.0. The molecule has 0 saturated carbocycles. The summed E-state index contributed by atoms with van der Waals surface area (Å²) in [6.07, 6.45) is -8.87. The summed E-state index contributed by atoms with van der Waals surface area (Å²) >= 11 is 24.1. The van der Waals surface area contributed by atoms with Crippen LogP contribution in [0.15, 0.2) is 23.0 Å². The van der Waals surface area contributed by atoms with E-state index in [1.807, 2.05) is 0 Å². The number of hydrogen-bond acceptors (Lipinski definition) is 5. The smallest absolute Gasteiger partial charge is 0.385 e. The highest BCUT2D eigenvalue weighted by Crippen LogP contribution is 2.27. The van der Waals surface area contributed by atoms with Crippen molar-refractivity contribution in [1.29, 1.82) is 0 Å². The van der Waals surface area contributed by atoms with Gasteiger partial charge >= 0.3 is 11.9 Å². The molecule has 2 atom stereocenters. The van der Waals surface area contributed by atoms with E-state index in [2.05, 4.69) is 10.1 Å².